The van der Waals surface area contributed by atoms with Crippen molar-refractivity contribution in [3.05, 3.63) is 62.7 Å². The summed E-state index contributed by atoms with van der Waals surface area (Å²) in [6, 6.07) is 8.54. The summed E-state index contributed by atoms with van der Waals surface area (Å²) in [5.74, 6) is -1.12. The lowest BCUT2D eigenvalue weighted by Gasteiger charge is -2.03. The van der Waals surface area contributed by atoms with E-state index in [1.807, 2.05) is 0 Å². The van der Waals surface area contributed by atoms with E-state index in [1.54, 1.807) is 18.2 Å². The predicted molar refractivity (Wildman–Crippen MR) is 85.7 cm³/mol. The third kappa shape index (κ3) is 3.95. The zero-order valence-corrected chi connectivity index (χ0v) is 12.3. The van der Waals surface area contributed by atoms with Gasteiger partial charge in [0.2, 0.25) is 5.75 Å². The molecule has 0 aliphatic carbocycles. The van der Waals surface area contributed by atoms with Crippen LogP contribution in [0.5, 0.6) is 5.75 Å². The maximum absolute atomic E-state index is 11.8. The lowest BCUT2D eigenvalue weighted by atomic mass is 10.2. The van der Waals surface area contributed by atoms with E-state index in [4.69, 9.17) is 17.3 Å². The Morgan fingerprint density at radius 2 is 2.13 bits per heavy atom. The van der Waals surface area contributed by atoms with Gasteiger partial charge in [0.1, 0.15) is 0 Å². The number of nitro benzene ring substituents is 1. The molecule has 0 saturated carbocycles. The number of carbonyl (C=O) groups is 1. The Morgan fingerprint density at radius 3 is 2.78 bits per heavy atom. The van der Waals surface area contributed by atoms with Crippen molar-refractivity contribution < 1.29 is 14.8 Å². The van der Waals surface area contributed by atoms with Gasteiger partial charge in [-0.05, 0) is 24.3 Å². The predicted octanol–water partition coefficient (Wildman–Crippen LogP) is 2.30. The van der Waals surface area contributed by atoms with Crippen LogP contribution in [0.15, 0.2) is 41.5 Å². The average Bonchev–Trinajstić information content (AvgIpc) is 2.49. The third-order valence-electron chi connectivity index (χ3n) is 2.80. The molecule has 2 rings (SSSR count). The van der Waals surface area contributed by atoms with Crippen LogP contribution in [0.2, 0.25) is 5.02 Å². The van der Waals surface area contributed by atoms with E-state index in [0.717, 1.165) is 12.3 Å². The second kappa shape index (κ2) is 6.75. The molecule has 0 aliphatic rings. The number of nitrogens with two attached hydrogens (primary N) is 1. The number of amides is 1. The zero-order chi connectivity index (χ0) is 17.0. The Morgan fingerprint density at radius 1 is 1.39 bits per heavy atom. The number of carbonyl (C=O) groups excluding carboxylic acids is 1. The van der Waals surface area contributed by atoms with Crippen LogP contribution in [0.4, 0.5) is 11.4 Å². The molecule has 0 aliphatic heterocycles. The van der Waals surface area contributed by atoms with Crippen molar-refractivity contribution in [2.24, 2.45) is 5.10 Å². The van der Waals surface area contributed by atoms with Crippen molar-refractivity contribution in [1.29, 1.82) is 0 Å². The largest absolute Gasteiger partial charge is 0.502 e. The highest BCUT2D eigenvalue weighted by Crippen LogP contribution is 2.32. The molecule has 0 aromatic heterocycles. The normalized spacial score (nSPS) is 10.7. The number of phenols is 1. The number of nitrogen functional groups attached to an aromatic ring is 1. The second-order valence-electron chi connectivity index (χ2n) is 4.44. The molecule has 0 spiro atoms. The number of hydrogen-bond acceptors (Lipinski definition) is 6. The Labute approximate surface area is 135 Å². The number of nitrogens with one attached hydrogen (secondary N) is 1. The van der Waals surface area contributed by atoms with Crippen LogP contribution in [0.1, 0.15) is 15.9 Å². The molecule has 23 heavy (non-hydrogen) atoms. The number of hydrogen-bond donors (Lipinski definition) is 3. The fraction of sp³-hybridized carbons (Fsp3) is 0. The first-order valence-electron chi connectivity index (χ1n) is 6.24. The van der Waals surface area contributed by atoms with Crippen LogP contribution in [-0.2, 0) is 0 Å². The van der Waals surface area contributed by atoms with E-state index < -0.39 is 22.3 Å². The summed E-state index contributed by atoms with van der Waals surface area (Å²) in [5.41, 5.74) is 7.95. The highest BCUT2D eigenvalue weighted by Gasteiger charge is 2.17. The van der Waals surface area contributed by atoms with Crippen molar-refractivity contribution in [3.63, 3.8) is 0 Å². The molecule has 1 amide bonds. The average molecular weight is 335 g/mol. The number of nitro groups is 1. The summed E-state index contributed by atoms with van der Waals surface area (Å²) < 4.78 is 0. The van der Waals surface area contributed by atoms with Crippen LogP contribution >= 0.6 is 11.6 Å². The molecule has 0 heterocycles. The molecule has 118 valence electrons. The van der Waals surface area contributed by atoms with Gasteiger partial charge in [-0.3, -0.25) is 14.9 Å². The molecule has 0 atom stereocenters. The summed E-state index contributed by atoms with van der Waals surface area (Å²) in [7, 11) is 0. The lowest BCUT2D eigenvalue weighted by molar-refractivity contribution is -0.385. The number of hydrazone groups is 1. The Bertz CT molecular complexity index is 807. The van der Waals surface area contributed by atoms with Gasteiger partial charge in [-0.2, -0.15) is 5.10 Å². The van der Waals surface area contributed by atoms with E-state index >= 15 is 0 Å². The smallest absolute Gasteiger partial charge is 0.312 e. The van der Waals surface area contributed by atoms with Crippen molar-refractivity contribution in [2.45, 2.75) is 0 Å². The van der Waals surface area contributed by atoms with Gasteiger partial charge in [-0.1, -0.05) is 17.7 Å². The number of nitrogens with zero attached hydrogens (tertiary/aromatic N) is 2. The number of benzene rings is 2. The molecule has 0 unspecified atom stereocenters. The monoisotopic (exact) mass is 334 g/mol. The SMILES string of the molecule is Nc1cccc(C(=O)N/N=C/c2cc(Cl)cc([N+](=O)[O-])c2O)c1. The van der Waals surface area contributed by atoms with Gasteiger partial charge in [-0.25, -0.2) is 5.43 Å². The number of halogens is 1. The number of aromatic hydroxyl groups is 1. The van der Waals surface area contributed by atoms with Crippen molar-refractivity contribution >= 4 is 35.1 Å². The van der Waals surface area contributed by atoms with E-state index in [2.05, 4.69) is 10.5 Å². The summed E-state index contributed by atoms with van der Waals surface area (Å²) in [5, 5.41) is 24.3. The van der Waals surface area contributed by atoms with Crippen molar-refractivity contribution in [2.75, 3.05) is 5.73 Å². The van der Waals surface area contributed by atoms with E-state index in [1.165, 1.54) is 12.1 Å². The van der Waals surface area contributed by atoms with E-state index in [9.17, 15) is 20.0 Å². The molecule has 2 aromatic carbocycles. The van der Waals surface area contributed by atoms with Gasteiger partial charge in [-0.15, -0.1) is 0 Å². The van der Waals surface area contributed by atoms with E-state index in [0.29, 0.717) is 11.3 Å². The zero-order valence-electron chi connectivity index (χ0n) is 11.6. The van der Waals surface area contributed by atoms with Crippen LogP contribution in [0.25, 0.3) is 0 Å². The van der Waals surface area contributed by atoms with Crippen LogP contribution in [-0.4, -0.2) is 22.2 Å². The highest BCUT2D eigenvalue weighted by atomic mass is 35.5. The number of anilines is 1. The Kier molecular flexibility index (Phi) is 4.77. The lowest BCUT2D eigenvalue weighted by Crippen LogP contribution is -2.17. The number of rotatable bonds is 4. The van der Waals surface area contributed by atoms with Gasteiger partial charge >= 0.3 is 5.69 Å². The van der Waals surface area contributed by atoms with Gasteiger partial charge in [0, 0.05) is 27.9 Å². The molecule has 4 N–H and O–H groups in total. The Balaban J connectivity index is 2.18. The van der Waals surface area contributed by atoms with Crippen LogP contribution < -0.4 is 11.2 Å². The van der Waals surface area contributed by atoms with Crippen molar-refractivity contribution in [3.8, 4) is 5.75 Å². The standard InChI is InChI=1S/C14H11ClN4O4/c15-10-4-9(13(20)12(6-10)19(22)23)7-17-18-14(21)8-2-1-3-11(16)5-8/h1-7,20H,16H2,(H,18,21)/b17-7+. The molecule has 0 saturated heterocycles. The molecule has 0 fully saturated rings. The molecular formula is C14H11ClN4O4. The minimum atomic E-state index is -0.774. The van der Waals surface area contributed by atoms with Gasteiger partial charge in [0.15, 0.2) is 0 Å². The fourth-order valence-corrected chi connectivity index (χ4v) is 1.97. The third-order valence-corrected chi connectivity index (χ3v) is 3.02. The van der Waals surface area contributed by atoms with Crippen LogP contribution in [0.3, 0.4) is 0 Å². The van der Waals surface area contributed by atoms with Gasteiger partial charge < -0.3 is 10.8 Å². The molecule has 2 aromatic rings. The van der Waals surface area contributed by atoms with Gasteiger partial charge in [0.05, 0.1) is 11.1 Å². The summed E-state index contributed by atoms with van der Waals surface area (Å²) in [6.45, 7) is 0. The molecule has 9 heteroatoms. The first-order valence-corrected chi connectivity index (χ1v) is 6.62. The van der Waals surface area contributed by atoms with Gasteiger partial charge in [0.25, 0.3) is 5.91 Å². The Hall–Kier alpha value is -3.13. The first kappa shape index (κ1) is 16.2. The minimum absolute atomic E-state index is 0.00271. The minimum Gasteiger partial charge on any atom is -0.502 e. The first-order chi connectivity index (χ1) is 10.9. The van der Waals surface area contributed by atoms with E-state index in [-0.39, 0.29) is 10.6 Å². The maximum atomic E-state index is 11.8. The summed E-state index contributed by atoms with van der Waals surface area (Å²) in [4.78, 5) is 21.8. The molecule has 0 bridgehead atoms. The molecule has 0 radical (unpaired) electrons. The molecule has 8 nitrogen and oxygen atoms in total. The van der Waals surface area contributed by atoms with Crippen LogP contribution in [0, 0.1) is 10.1 Å². The fourth-order valence-electron chi connectivity index (χ4n) is 1.75. The molecular weight excluding hydrogens is 324 g/mol. The summed E-state index contributed by atoms with van der Waals surface area (Å²) in [6.07, 6.45) is 1.05. The van der Waals surface area contributed by atoms with Crippen molar-refractivity contribution in [1.82, 2.24) is 5.43 Å². The number of phenolic OH excluding ortho intramolecular Hbond substituents is 1. The highest BCUT2D eigenvalue weighted by molar-refractivity contribution is 6.31. The topological polar surface area (TPSA) is 131 Å². The quantitative estimate of drug-likeness (QED) is 0.341. The maximum Gasteiger partial charge on any atom is 0.312 e. The second-order valence-corrected chi connectivity index (χ2v) is 4.88. The summed E-state index contributed by atoms with van der Waals surface area (Å²) >= 11 is 5.74.